The number of nitrogens with zero attached hydrogens (tertiary/aromatic N) is 5. The quantitative estimate of drug-likeness (QED) is 0.506. The lowest BCUT2D eigenvalue weighted by Gasteiger charge is -2.26. The van der Waals surface area contributed by atoms with Gasteiger partial charge in [0.25, 0.3) is 5.91 Å². The number of hydrogen-bond donors (Lipinski definition) is 0. The third-order valence-electron chi connectivity index (χ3n) is 7.93. The molecule has 1 fully saturated rings. The molecule has 4 heterocycles. The van der Waals surface area contributed by atoms with Gasteiger partial charge in [0, 0.05) is 55.1 Å². The lowest BCUT2D eigenvalue weighted by molar-refractivity contribution is -0.0506. The number of halogens is 2. The molecule has 1 aromatic carbocycles. The van der Waals surface area contributed by atoms with E-state index in [1.807, 2.05) is 16.7 Å². The number of alkyl halides is 2. The number of hydrogen-bond acceptors (Lipinski definition) is 6. The maximum absolute atomic E-state index is 13.3. The zero-order chi connectivity index (χ0) is 26.1. The molecule has 2 bridgehead atoms. The largest absolute Gasteiger partial charge is 0.446 e. The SMILES string of the molecule is CN1C(=O)c2cccc(OC(F)F)c2C2CC1c1nc3ncc(C4=CCN(C(=O)OC5CC5)CC4)cn3c12. The highest BCUT2D eigenvalue weighted by Gasteiger charge is 2.46. The maximum Gasteiger partial charge on any atom is 0.410 e. The van der Waals surface area contributed by atoms with Crippen molar-refractivity contribution in [2.75, 3.05) is 20.1 Å². The summed E-state index contributed by atoms with van der Waals surface area (Å²) >= 11 is 0. The lowest BCUT2D eigenvalue weighted by atomic mass is 9.91. The third-order valence-corrected chi connectivity index (χ3v) is 7.93. The van der Waals surface area contributed by atoms with E-state index in [9.17, 15) is 18.4 Å². The van der Waals surface area contributed by atoms with E-state index >= 15 is 0 Å². The summed E-state index contributed by atoms with van der Waals surface area (Å²) in [5, 5.41) is 0. The zero-order valence-electron chi connectivity index (χ0n) is 20.6. The Morgan fingerprint density at radius 3 is 2.82 bits per heavy atom. The van der Waals surface area contributed by atoms with Crippen LogP contribution in [0, 0.1) is 0 Å². The summed E-state index contributed by atoms with van der Waals surface area (Å²) in [4.78, 5) is 38.3. The van der Waals surface area contributed by atoms with Gasteiger partial charge >= 0.3 is 12.7 Å². The summed E-state index contributed by atoms with van der Waals surface area (Å²) in [5.74, 6) is -0.129. The van der Waals surface area contributed by atoms with E-state index in [4.69, 9.17) is 14.5 Å². The molecule has 1 saturated carbocycles. The Bertz CT molecular complexity index is 1510. The second-order valence-corrected chi connectivity index (χ2v) is 10.2. The molecule has 11 heteroatoms. The van der Waals surface area contributed by atoms with Crippen molar-refractivity contribution in [3.8, 4) is 5.75 Å². The van der Waals surface area contributed by atoms with Crippen molar-refractivity contribution in [2.45, 2.75) is 50.4 Å². The molecular formula is C27H25F2N5O4. The smallest absolute Gasteiger partial charge is 0.410 e. The molecule has 4 aliphatic rings. The van der Waals surface area contributed by atoms with Gasteiger partial charge in [0.15, 0.2) is 0 Å². The van der Waals surface area contributed by atoms with Crippen molar-refractivity contribution in [1.82, 2.24) is 24.2 Å². The van der Waals surface area contributed by atoms with Crippen molar-refractivity contribution >= 4 is 23.4 Å². The monoisotopic (exact) mass is 521 g/mol. The molecule has 3 aromatic rings. The fraction of sp³-hybridized carbons (Fsp3) is 0.407. The van der Waals surface area contributed by atoms with Gasteiger partial charge in [-0.15, -0.1) is 0 Å². The first-order valence-corrected chi connectivity index (χ1v) is 12.8. The first-order chi connectivity index (χ1) is 18.4. The second kappa shape index (κ2) is 8.50. The zero-order valence-corrected chi connectivity index (χ0v) is 20.6. The van der Waals surface area contributed by atoms with Crippen molar-refractivity contribution in [1.29, 1.82) is 0 Å². The number of imidazole rings is 1. The van der Waals surface area contributed by atoms with Crippen LogP contribution in [0.4, 0.5) is 13.6 Å². The molecule has 2 amide bonds. The number of carbonyl (C=O) groups excluding carboxylic acids is 2. The van der Waals surface area contributed by atoms with Crippen LogP contribution in [-0.4, -0.2) is 69.0 Å². The van der Waals surface area contributed by atoms with Crippen LogP contribution in [0.5, 0.6) is 5.75 Å². The van der Waals surface area contributed by atoms with Gasteiger partial charge < -0.3 is 19.3 Å². The first-order valence-electron chi connectivity index (χ1n) is 12.8. The number of fused-ring (bicyclic) bond motifs is 9. The number of carbonyl (C=O) groups is 2. The Kier molecular flexibility index (Phi) is 5.17. The number of ether oxygens (including phenoxy) is 2. The Hall–Kier alpha value is -4.02. The summed E-state index contributed by atoms with van der Waals surface area (Å²) in [5.41, 5.74) is 4.32. The van der Waals surface area contributed by atoms with Crippen LogP contribution < -0.4 is 4.74 Å². The highest BCUT2D eigenvalue weighted by Crippen LogP contribution is 2.52. The summed E-state index contributed by atoms with van der Waals surface area (Å²) in [6, 6.07) is 4.40. The van der Waals surface area contributed by atoms with E-state index in [1.54, 1.807) is 35.2 Å². The van der Waals surface area contributed by atoms with Crippen LogP contribution in [0.25, 0.3) is 11.4 Å². The van der Waals surface area contributed by atoms with E-state index in [-0.39, 0.29) is 35.8 Å². The standard InChI is InChI=1S/C27H25F2N5O4/c1-32-19-11-18(21-17(24(32)35)3-2-4-20(21)38-25(28)29)23-22(19)31-26-30-12-15(13-34(23)26)14-7-9-33(10-8-14)27(36)37-16-5-6-16/h2-4,7,12-13,16,18-19,25H,5-6,8-11H2,1H3. The van der Waals surface area contributed by atoms with Crippen molar-refractivity contribution in [3.05, 3.63) is 64.7 Å². The highest BCUT2D eigenvalue weighted by molar-refractivity contribution is 5.98. The number of benzene rings is 1. The molecule has 0 spiro atoms. The van der Waals surface area contributed by atoms with Gasteiger partial charge in [-0.2, -0.15) is 8.78 Å². The number of amides is 2. The molecule has 2 aromatic heterocycles. The average molecular weight is 522 g/mol. The fourth-order valence-corrected chi connectivity index (χ4v) is 5.89. The maximum atomic E-state index is 13.3. The normalized spacial score (nSPS) is 22.3. The Labute approximate surface area is 216 Å². The summed E-state index contributed by atoms with van der Waals surface area (Å²) < 4.78 is 38.8. The summed E-state index contributed by atoms with van der Waals surface area (Å²) in [6.45, 7) is -2.00. The second-order valence-electron chi connectivity index (χ2n) is 10.2. The van der Waals surface area contributed by atoms with Gasteiger partial charge in [-0.05, 0) is 43.4 Å². The Balaban J connectivity index is 1.28. The fourth-order valence-electron chi connectivity index (χ4n) is 5.89. The molecule has 38 heavy (non-hydrogen) atoms. The molecule has 0 N–H and O–H groups in total. The van der Waals surface area contributed by atoms with Gasteiger partial charge in [-0.1, -0.05) is 12.1 Å². The summed E-state index contributed by atoms with van der Waals surface area (Å²) in [6.07, 6.45) is 8.58. The number of aromatic nitrogens is 3. The van der Waals surface area contributed by atoms with Crippen molar-refractivity contribution in [3.63, 3.8) is 0 Å². The van der Waals surface area contributed by atoms with Gasteiger partial charge in [-0.25, -0.2) is 14.8 Å². The van der Waals surface area contributed by atoms with Gasteiger partial charge in [0.2, 0.25) is 5.78 Å². The molecule has 2 unspecified atom stereocenters. The third kappa shape index (κ3) is 3.63. The topological polar surface area (TPSA) is 89.3 Å². The van der Waals surface area contributed by atoms with Crippen LogP contribution in [0.3, 0.4) is 0 Å². The van der Waals surface area contributed by atoms with E-state index in [2.05, 4.69) is 4.98 Å². The molecule has 196 valence electrons. The predicted molar refractivity (Wildman–Crippen MR) is 131 cm³/mol. The molecular weight excluding hydrogens is 496 g/mol. The van der Waals surface area contributed by atoms with Gasteiger partial charge in [0.05, 0.1) is 17.4 Å². The number of rotatable bonds is 4. The molecule has 2 aliphatic carbocycles. The van der Waals surface area contributed by atoms with Crippen LogP contribution in [0.1, 0.15) is 70.5 Å². The van der Waals surface area contributed by atoms with E-state index in [0.717, 1.165) is 35.4 Å². The van der Waals surface area contributed by atoms with Gasteiger partial charge in [-0.3, -0.25) is 9.20 Å². The van der Waals surface area contributed by atoms with E-state index in [1.165, 1.54) is 6.07 Å². The minimum atomic E-state index is -3.01. The Morgan fingerprint density at radius 2 is 2.08 bits per heavy atom. The van der Waals surface area contributed by atoms with Crippen LogP contribution >= 0.6 is 0 Å². The first kappa shape index (κ1) is 23.1. The summed E-state index contributed by atoms with van der Waals surface area (Å²) in [7, 11) is 1.71. The van der Waals surface area contributed by atoms with E-state index < -0.39 is 6.61 Å². The predicted octanol–water partition coefficient (Wildman–Crippen LogP) is 4.38. The molecule has 2 atom stereocenters. The van der Waals surface area contributed by atoms with Crippen LogP contribution in [0.2, 0.25) is 0 Å². The molecule has 0 saturated heterocycles. The Morgan fingerprint density at radius 1 is 1.24 bits per heavy atom. The molecule has 0 radical (unpaired) electrons. The van der Waals surface area contributed by atoms with E-state index in [0.29, 0.717) is 42.8 Å². The molecule has 2 aliphatic heterocycles. The van der Waals surface area contributed by atoms with Crippen LogP contribution in [-0.2, 0) is 4.74 Å². The minimum absolute atomic E-state index is 0.00461. The van der Waals surface area contributed by atoms with Crippen LogP contribution in [0.15, 0.2) is 36.7 Å². The molecule has 7 rings (SSSR count). The average Bonchev–Trinajstić information content (AvgIpc) is 3.56. The highest BCUT2D eigenvalue weighted by atomic mass is 19.3. The minimum Gasteiger partial charge on any atom is -0.446 e. The molecule has 9 nitrogen and oxygen atoms in total. The lowest BCUT2D eigenvalue weighted by Crippen LogP contribution is -2.35. The van der Waals surface area contributed by atoms with Crippen molar-refractivity contribution in [2.24, 2.45) is 0 Å². The van der Waals surface area contributed by atoms with Crippen molar-refractivity contribution < 1.29 is 27.8 Å². The van der Waals surface area contributed by atoms with Gasteiger partial charge in [0.1, 0.15) is 11.9 Å².